The molecule has 12 rings (SSSR count). The third-order valence-electron chi connectivity index (χ3n) is 13.4. The van der Waals surface area contributed by atoms with Crippen LogP contribution in [0.4, 0.5) is 43.4 Å². The summed E-state index contributed by atoms with van der Waals surface area (Å²) < 4.78 is 95.4. The van der Waals surface area contributed by atoms with Crippen molar-refractivity contribution in [3.05, 3.63) is 204 Å². The summed E-state index contributed by atoms with van der Waals surface area (Å²) in [5.41, 5.74) is 7.99. The van der Waals surface area contributed by atoms with E-state index in [2.05, 4.69) is 116 Å². The first kappa shape index (κ1) is 68.8. The molecule has 1 unspecified atom stereocenters. The lowest BCUT2D eigenvalue weighted by Crippen LogP contribution is -2.42. The van der Waals surface area contributed by atoms with Gasteiger partial charge in [-0.25, -0.2) is 27.7 Å². The number of ether oxygens (including phenoxy) is 1. The van der Waals surface area contributed by atoms with Crippen LogP contribution >= 0.6 is 119 Å². The van der Waals surface area contributed by atoms with Gasteiger partial charge in [0, 0.05) is 65.6 Å². The highest BCUT2D eigenvalue weighted by Crippen LogP contribution is 2.46. The Labute approximate surface area is 550 Å². The molecule has 0 spiro atoms. The Morgan fingerprint density at radius 2 is 1.17 bits per heavy atom. The highest BCUT2D eigenvalue weighted by molar-refractivity contribution is 9.11. The molecule has 3 aliphatic rings. The number of nitrogens with one attached hydrogen (secondary N) is 2. The number of piperidine rings is 1. The van der Waals surface area contributed by atoms with Crippen molar-refractivity contribution in [3.8, 4) is 11.3 Å². The standard InChI is InChI=1S/C20H20Cl2N2O3.C8H5Br2FN2.C8H6BrFN2O.C7H5BrFNO2.C7H7BrFN.C6H2BrF2NO2/c21-14-2-1-3-15(22)16(14)18-17(19(27-24-18)10-4-5-10)20(25)26-13-8-11-6-7-12(9-13)23-11;1-13-6-3-4(9)2-5(11)7(6)12-8(13)10;1-12-6-3-4(9)2-5(10)7(6)11-8(12)13;1-4-2-5(8)3-6(9)7(4)10(11)12;1-4-2-5(8)3-6(9)7(4)10;7-3-1-4(8)6(10(11)12)5(9)2-3/h1-3,10-13,23H,4-9H2;2-3H,1H3;2-3H,1H3,(H,11,13);2-3H,1H3;2-3H,10H2,1H3;1-2H/t11-,12+,13?;;;;;. The average molecular weight is 1640 g/mol. The summed E-state index contributed by atoms with van der Waals surface area (Å²) in [5, 5.41) is 29.0. The molecule has 2 saturated heterocycles. The minimum Gasteiger partial charge on any atom is -0.459 e. The quantitative estimate of drug-likeness (QED) is 0.0464. The van der Waals surface area contributed by atoms with E-state index >= 15 is 0 Å². The molecule has 1 saturated carbocycles. The number of halogens is 14. The van der Waals surface area contributed by atoms with Gasteiger partial charge in [-0.1, -0.05) is 114 Å². The summed E-state index contributed by atoms with van der Waals surface area (Å²) in [4.78, 5) is 49.3. The van der Waals surface area contributed by atoms with E-state index in [0.717, 1.165) is 72.3 Å². The maximum atomic E-state index is 13.3. The third-order valence-corrected chi connectivity index (χ3v) is 17.1. The maximum Gasteiger partial charge on any atom is 0.344 e. The molecular weight excluding hydrogens is 1590 g/mol. The number of hydrogen-bond donors (Lipinski definition) is 3. The first-order chi connectivity index (χ1) is 40.9. The van der Waals surface area contributed by atoms with E-state index in [9.17, 15) is 56.2 Å². The molecule has 2 bridgehead atoms. The number of carbonyl (C=O) groups is 1. The van der Waals surface area contributed by atoms with E-state index in [-0.39, 0.29) is 51.0 Å². The number of aromatic nitrogens is 5. The lowest BCUT2D eigenvalue weighted by atomic mass is 10.0. The predicted molar refractivity (Wildman–Crippen MR) is 339 cm³/mol. The normalized spacial score (nSPS) is 15.5. The van der Waals surface area contributed by atoms with Gasteiger partial charge in [-0.05, 0) is 147 Å². The number of nitro groups is 2. The van der Waals surface area contributed by atoms with Crippen molar-refractivity contribution in [1.29, 1.82) is 0 Å². The van der Waals surface area contributed by atoms with E-state index < -0.39 is 44.5 Å². The van der Waals surface area contributed by atoms with Gasteiger partial charge in [-0.2, -0.15) is 13.2 Å². The van der Waals surface area contributed by atoms with Gasteiger partial charge in [0.1, 0.15) is 40.0 Å². The zero-order chi connectivity index (χ0) is 64.0. The number of nitrogens with two attached hydrogens (primary N) is 1. The predicted octanol–water partition coefficient (Wildman–Crippen LogP) is 17.9. The third kappa shape index (κ3) is 17.2. The summed E-state index contributed by atoms with van der Waals surface area (Å²) in [7, 11) is 3.42. The molecule has 87 heavy (non-hydrogen) atoms. The zero-order valence-electron chi connectivity index (χ0n) is 45.4. The zero-order valence-corrected chi connectivity index (χ0v) is 56.4. The molecule has 2 aliphatic heterocycles. The van der Waals surface area contributed by atoms with Crippen LogP contribution in [0.5, 0.6) is 0 Å². The number of nitrogen functional groups attached to an aromatic ring is 1. The van der Waals surface area contributed by atoms with Gasteiger partial charge in [0.2, 0.25) is 17.5 Å². The highest BCUT2D eigenvalue weighted by Gasteiger charge is 2.40. The van der Waals surface area contributed by atoms with Crippen molar-refractivity contribution in [1.82, 2.24) is 29.6 Å². The highest BCUT2D eigenvalue weighted by atomic mass is 79.9. The van der Waals surface area contributed by atoms with Crippen LogP contribution in [0, 0.1) is 69.0 Å². The minimum absolute atomic E-state index is 0.0761. The van der Waals surface area contributed by atoms with Gasteiger partial charge in [0.05, 0.1) is 36.6 Å². The van der Waals surface area contributed by atoms with Gasteiger partial charge in [0.25, 0.3) is 0 Å². The van der Waals surface area contributed by atoms with Crippen LogP contribution in [0.15, 0.2) is 115 Å². The van der Waals surface area contributed by atoms with Crippen molar-refractivity contribution in [2.24, 2.45) is 14.1 Å². The topological polar surface area (TPSA) is 232 Å². The molecule has 460 valence electrons. The number of hydrogen-bond acceptors (Lipinski definition) is 12. The number of nitro benzene ring substituents is 2. The molecule has 31 heteroatoms. The molecule has 5 heterocycles. The molecule has 1 aliphatic carbocycles. The van der Waals surface area contributed by atoms with Gasteiger partial charge < -0.3 is 29.9 Å². The summed E-state index contributed by atoms with van der Waals surface area (Å²) >= 11 is 31.3. The second-order valence-electron chi connectivity index (χ2n) is 19.6. The van der Waals surface area contributed by atoms with Gasteiger partial charge in [0.15, 0.2) is 16.3 Å². The van der Waals surface area contributed by atoms with Crippen molar-refractivity contribution in [3.63, 3.8) is 0 Å². The molecule has 17 nitrogen and oxygen atoms in total. The number of aryl methyl sites for hydroxylation is 4. The Kier molecular flexibility index (Phi) is 23.5. The number of aromatic amines is 1. The van der Waals surface area contributed by atoms with Crippen LogP contribution < -0.4 is 16.7 Å². The van der Waals surface area contributed by atoms with Crippen LogP contribution in [-0.2, 0) is 18.8 Å². The summed E-state index contributed by atoms with van der Waals surface area (Å²) in [6, 6.07) is 19.7. The molecular formula is C56H45Br6Cl2F6N9O8. The number of nitrogens with zero attached hydrogens (tertiary/aromatic N) is 6. The largest absolute Gasteiger partial charge is 0.459 e. The van der Waals surface area contributed by atoms with Crippen molar-refractivity contribution >= 4 is 164 Å². The van der Waals surface area contributed by atoms with E-state index in [0.29, 0.717) is 79.5 Å². The van der Waals surface area contributed by atoms with Crippen molar-refractivity contribution in [2.75, 3.05) is 5.73 Å². The minimum atomic E-state index is -1.19. The molecule has 3 fully saturated rings. The Morgan fingerprint density at radius 1 is 0.690 bits per heavy atom. The number of anilines is 1. The van der Waals surface area contributed by atoms with E-state index in [4.69, 9.17) is 38.2 Å². The lowest BCUT2D eigenvalue weighted by Gasteiger charge is -2.28. The second kappa shape index (κ2) is 29.8. The fraction of sp³-hybridized carbons (Fsp3) is 0.250. The SMILES string of the molecule is Cc1cc(Br)cc(F)c1N.Cc1cc(Br)cc(F)c1[N+](=O)[O-].Cn1c(=O)[nH]c2c(F)cc(Br)cc21.Cn1c(Br)nc2c(F)cc(Br)cc21.O=C(OC1C[C@H]2CC[C@@H](C1)N2)c1c(-c2c(Cl)cccc2Cl)noc1C1CC1.O=[N+]([O-])c1c(F)cc(Br)cc1F. The summed E-state index contributed by atoms with van der Waals surface area (Å²) in [6.45, 7) is 3.26. The average Bonchev–Trinajstić information content (AvgIpc) is 2.11. The van der Waals surface area contributed by atoms with Crippen molar-refractivity contribution < 1.29 is 50.2 Å². The Bertz CT molecular complexity index is 4000. The first-order valence-corrected chi connectivity index (χ1v) is 31.0. The van der Waals surface area contributed by atoms with Gasteiger partial charge in [-0.15, -0.1) is 0 Å². The fourth-order valence-electron chi connectivity index (χ4n) is 9.11. The molecule has 0 radical (unpaired) electrons. The van der Waals surface area contributed by atoms with Crippen LogP contribution in [0.25, 0.3) is 33.3 Å². The number of esters is 1. The summed E-state index contributed by atoms with van der Waals surface area (Å²) in [6.07, 6.45) is 5.92. The second-order valence-corrected chi connectivity index (χ2v) is 25.7. The number of benzene rings is 6. The van der Waals surface area contributed by atoms with Crippen LogP contribution in [0.3, 0.4) is 0 Å². The van der Waals surface area contributed by atoms with Crippen molar-refractivity contribution in [2.45, 2.75) is 76.5 Å². The van der Waals surface area contributed by atoms with E-state index in [1.54, 1.807) is 48.9 Å². The fourth-order valence-corrected chi connectivity index (χ4v) is 12.4. The molecule has 0 amide bonds. The maximum absolute atomic E-state index is 13.3. The van der Waals surface area contributed by atoms with E-state index in [1.165, 1.54) is 35.8 Å². The monoisotopic (exact) mass is 1630 g/mol. The first-order valence-electron chi connectivity index (χ1n) is 25.5. The number of rotatable bonds is 6. The molecule has 6 aromatic carbocycles. The summed E-state index contributed by atoms with van der Waals surface area (Å²) in [5.74, 6) is -3.86. The Hall–Kier alpha value is -5.66. The van der Waals surface area contributed by atoms with Gasteiger partial charge >= 0.3 is 23.0 Å². The molecule has 3 atom stereocenters. The Balaban J connectivity index is 0.000000156. The van der Waals surface area contributed by atoms with Crippen LogP contribution in [0.2, 0.25) is 10.0 Å². The number of carbonyl (C=O) groups excluding carboxylic acids is 1. The lowest BCUT2D eigenvalue weighted by molar-refractivity contribution is -0.390. The number of H-pyrrole nitrogens is 1. The van der Waals surface area contributed by atoms with Crippen LogP contribution in [0.1, 0.15) is 71.7 Å². The number of imidazole rings is 2. The molecule has 4 N–H and O–H groups in total. The smallest absolute Gasteiger partial charge is 0.344 e. The molecule has 9 aromatic rings. The Morgan fingerprint density at radius 3 is 1.70 bits per heavy atom. The van der Waals surface area contributed by atoms with Gasteiger partial charge in [-0.3, -0.25) is 24.8 Å². The van der Waals surface area contributed by atoms with E-state index in [1.807, 2.05) is 13.1 Å². The number of fused-ring (bicyclic) bond motifs is 4. The van der Waals surface area contributed by atoms with Crippen LogP contribution in [-0.4, -0.2) is 58.3 Å². The molecule has 3 aromatic heterocycles.